The highest BCUT2D eigenvalue weighted by Crippen LogP contribution is 2.07. The molecule has 1 amide bonds. The lowest BCUT2D eigenvalue weighted by molar-refractivity contribution is 0.102. The Morgan fingerprint density at radius 2 is 2.00 bits per heavy atom. The molecular formula is C12H13N5O. The van der Waals surface area contributed by atoms with Gasteiger partial charge in [0.25, 0.3) is 5.91 Å². The summed E-state index contributed by atoms with van der Waals surface area (Å²) in [5.41, 5.74) is 0.941. The molecular weight excluding hydrogens is 230 g/mol. The van der Waals surface area contributed by atoms with E-state index in [0.29, 0.717) is 11.5 Å². The van der Waals surface area contributed by atoms with Crippen LogP contribution in [0.5, 0.6) is 0 Å². The summed E-state index contributed by atoms with van der Waals surface area (Å²) in [7, 11) is 0. The maximum absolute atomic E-state index is 11.9. The van der Waals surface area contributed by atoms with Crippen LogP contribution >= 0.6 is 0 Å². The predicted molar refractivity (Wildman–Crippen MR) is 68.4 cm³/mol. The Morgan fingerprint density at radius 1 is 1.22 bits per heavy atom. The number of nitrogens with one attached hydrogen (secondary N) is 2. The van der Waals surface area contributed by atoms with Gasteiger partial charge in [0, 0.05) is 24.6 Å². The van der Waals surface area contributed by atoms with E-state index >= 15 is 0 Å². The number of hydrogen-bond acceptors (Lipinski definition) is 5. The Hall–Kier alpha value is -2.50. The lowest BCUT2D eigenvalue weighted by Crippen LogP contribution is -2.15. The largest absolute Gasteiger partial charge is 0.369 e. The molecule has 0 aliphatic rings. The molecule has 2 rings (SSSR count). The quantitative estimate of drug-likeness (QED) is 0.851. The Morgan fingerprint density at radius 3 is 2.72 bits per heavy atom. The van der Waals surface area contributed by atoms with Gasteiger partial charge in [-0.2, -0.15) is 0 Å². The van der Waals surface area contributed by atoms with Gasteiger partial charge in [-0.1, -0.05) is 0 Å². The van der Waals surface area contributed by atoms with Gasteiger partial charge < -0.3 is 10.6 Å². The van der Waals surface area contributed by atoms with Crippen LogP contribution in [0.3, 0.4) is 0 Å². The zero-order chi connectivity index (χ0) is 12.8. The van der Waals surface area contributed by atoms with Gasteiger partial charge in [0.2, 0.25) is 0 Å². The van der Waals surface area contributed by atoms with Gasteiger partial charge in [-0.05, 0) is 19.1 Å². The van der Waals surface area contributed by atoms with Crippen molar-refractivity contribution in [1.29, 1.82) is 0 Å². The van der Waals surface area contributed by atoms with Crippen molar-refractivity contribution in [2.75, 3.05) is 17.2 Å². The number of pyridine rings is 1. The van der Waals surface area contributed by atoms with Crippen molar-refractivity contribution in [3.63, 3.8) is 0 Å². The van der Waals surface area contributed by atoms with E-state index in [1.807, 2.05) is 6.92 Å². The summed E-state index contributed by atoms with van der Waals surface area (Å²) in [6, 6.07) is 3.42. The van der Waals surface area contributed by atoms with Gasteiger partial charge in [0.05, 0.1) is 12.4 Å². The summed E-state index contributed by atoms with van der Waals surface area (Å²) in [5.74, 6) is 0.285. The van der Waals surface area contributed by atoms with Crippen LogP contribution in [0.1, 0.15) is 17.4 Å². The number of nitrogens with zero attached hydrogens (tertiary/aromatic N) is 3. The molecule has 0 fully saturated rings. The standard InChI is InChI=1S/C12H13N5O/c1-2-15-11-8-14-7-10(17-11)12(18)16-9-3-5-13-6-4-9/h3-8H,2H2,1H3,(H,15,17)(H,13,16,18). The summed E-state index contributed by atoms with van der Waals surface area (Å²) in [6.07, 6.45) is 6.22. The fraction of sp³-hybridized carbons (Fsp3) is 0.167. The van der Waals surface area contributed by atoms with Gasteiger partial charge in [-0.25, -0.2) is 4.98 Å². The first-order chi connectivity index (χ1) is 8.79. The summed E-state index contributed by atoms with van der Waals surface area (Å²) in [5, 5.41) is 5.72. The van der Waals surface area contributed by atoms with Crippen LogP contribution in [-0.4, -0.2) is 27.4 Å². The molecule has 6 nitrogen and oxygen atoms in total. The molecule has 0 atom stereocenters. The Kier molecular flexibility index (Phi) is 3.80. The molecule has 2 N–H and O–H groups in total. The minimum atomic E-state index is -0.298. The zero-order valence-electron chi connectivity index (χ0n) is 9.92. The summed E-state index contributed by atoms with van der Waals surface area (Å²) >= 11 is 0. The monoisotopic (exact) mass is 243 g/mol. The third kappa shape index (κ3) is 3.00. The molecule has 92 valence electrons. The van der Waals surface area contributed by atoms with Gasteiger partial charge in [0.1, 0.15) is 11.5 Å². The van der Waals surface area contributed by atoms with Gasteiger partial charge >= 0.3 is 0 Å². The molecule has 2 aromatic rings. The van der Waals surface area contributed by atoms with Crippen LogP contribution in [0, 0.1) is 0 Å². The van der Waals surface area contributed by atoms with E-state index < -0.39 is 0 Å². The summed E-state index contributed by atoms with van der Waals surface area (Å²) in [6.45, 7) is 2.68. The third-order valence-electron chi connectivity index (χ3n) is 2.16. The average Bonchev–Trinajstić information content (AvgIpc) is 2.40. The number of rotatable bonds is 4. The van der Waals surface area contributed by atoms with E-state index in [9.17, 15) is 4.79 Å². The second-order valence-corrected chi connectivity index (χ2v) is 3.51. The highest BCUT2D eigenvalue weighted by Gasteiger charge is 2.08. The van der Waals surface area contributed by atoms with E-state index in [2.05, 4.69) is 25.6 Å². The van der Waals surface area contributed by atoms with Crippen molar-refractivity contribution >= 4 is 17.4 Å². The van der Waals surface area contributed by atoms with Crippen LogP contribution in [0.4, 0.5) is 11.5 Å². The number of carbonyl (C=O) groups excluding carboxylic acids is 1. The lowest BCUT2D eigenvalue weighted by atomic mass is 10.3. The van der Waals surface area contributed by atoms with Crippen molar-refractivity contribution in [2.45, 2.75) is 6.92 Å². The van der Waals surface area contributed by atoms with Gasteiger partial charge in [-0.15, -0.1) is 0 Å². The first kappa shape index (κ1) is 12.0. The molecule has 0 aliphatic carbocycles. The molecule has 0 radical (unpaired) electrons. The molecule has 0 aliphatic heterocycles. The van der Waals surface area contributed by atoms with Crippen LogP contribution in [0.15, 0.2) is 36.9 Å². The Balaban J connectivity index is 2.11. The fourth-order valence-corrected chi connectivity index (χ4v) is 1.37. The van der Waals surface area contributed by atoms with Crippen molar-refractivity contribution < 1.29 is 4.79 Å². The molecule has 0 aromatic carbocycles. The second-order valence-electron chi connectivity index (χ2n) is 3.51. The Labute approximate surface area is 105 Å². The zero-order valence-corrected chi connectivity index (χ0v) is 9.92. The highest BCUT2D eigenvalue weighted by molar-refractivity contribution is 6.02. The van der Waals surface area contributed by atoms with Crippen LogP contribution in [0.2, 0.25) is 0 Å². The SMILES string of the molecule is CCNc1cncc(C(=O)Nc2ccncc2)n1. The first-order valence-electron chi connectivity index (χ1n) is 5.57. The molecule has 0 bridgehead atoms. The number of aromatic nitrogens is 3. The molecule has 2 aromatic heterocycles. The number of amides is 1. The third-order valence-corrected chi connectivity index (χ3v) is 2.16. The van der Waals surface area contributed by atoms with Crippen LogP contribution < -0.4 is 10.6 Å². The van der Waals surface area contributed by atoms with E-state index in [4.69, 9.17) is 0 Å². The van der Waals surface area contributed by atoms with Crippen molar-refractivity contribution in [3.05, 3.63) is 42.6 Å². The van der Waals surface area contributed by atoms with E-state index in [-0.39, 0.29) is 11.6 Å². The smallest absolute Gasteiger partial charge is 0.275 e. The fourth-order valence-electron chi connectivity index (χ4n) is 1.37. The van der Waals surface area contributed by atoms with E-state index in [0.717, 1.165) is 6.54 Å². The van der Waals surface area contributed by atoms with Crippen molar-refractivity contribution in [1.82, 2.24) is 15.0 Å². The predicted octanol–water partition coefficient (Wildman–Crippen LogP) is 1.56. The highest BCUT2D eigenvalue weighted by atomic mass is 16.1. The normalized spacial score (nSPS) is 9.83. The maximum Gasteiger partial charge on any atom is 0.275 e. The van der Waals surface area contributed by atoms with Gasteiger partial charge in [-0.3, -0.25) is 14.8 Å². The molecule has 6 heteroatoms. The minimum Gasteiger partial charge on any atom is -0.369 e. The second kappa shape index (κ2) is 5.72. The van der Waals surface area contributed by atoms with Crippen molar-refractivity contribution in [2.24, 2.45) is 0 Å². The molecule has 2 heterocycles. The first-order valence-corrected chi connectivity index (χ1v) is 5.57. The average molecular weight is 243 g/mol. The van der Waals surface area contributed by atoms with E-state index in [1.54, 1.807) is 30.7 Å². The van der Waals surface area contributed by atoms with Crippen LogP contribution in [0.25, 0.3) is 0 Å². The van der Waals surface area contributed by atoms with Crippen LogP contribution in [-0.2, 0) is 0 Å². The lowest BCUT2D eigenvalue weighted by Gasteiger charge is -2.05. The van der Waals surface area contributed by atoms with Crippen molar-refractivity contribution in [3.8, 4) is 0 Å². The minimum absolute atomic E-state index is 0.269. The van der Waals surface area contributed by atoms with Gasteiger partial charge in [0.15, 0.2) is 0 Å². The van der Waals surface area contributed by atoms with E-state index in [1.165, 1.54) is 6.20 Å². The summed E-state index contributed by atoms with van der Waals surface area (Å²) in [4.78, 5) is 23.9. The molecule has 0 spiro atoms. The number of carbonyl (C=O) groups is 1. The Bertz CT molecular complexity index is 529. The molecule has 0 saturated carbocycles. The summed E-state index contributed by atoms with van der Waals surface area (Å²) < 4.78 is 0. The topological polar surface area (TPSA) is 79.8 Å². The number of hydrogen-bond donors (Lipinski definition) is 2. The molecule has 0 unspecified atom stereocenters. The maximum atomic E-state index is 11.9. The molecule has 18 heavy (non-hydrogen) atoms. The number of anilines is 2. The molecule has 0 saturated heterocycles.